The van der Waals surface area contributed by atoms with Crippen LogP contribution in [0.4, 0.5) is 0 Å². The van der Waals surface area contributed by atoms with E-state index >= 15 is 0 Å². The maximum Gasteiger partial charge on any atom is 0.320 e. The van der Waals surface area contributed by atoms with Crippen LogP contribution in [-0.4, -0.2) is 65.1 Å². The highest BCUT2D eigenvalue weighted by Crippen LogP contribution is 2.11. The molecule has 0 radical (unpaired) electrons. The van der Waals surface area contributed by atoms with Crippen molar-refractivity contribution in [1.82, 2.24) is 4.90 Å². The van der Waals surface area contributed by atoms with Crippen molar-refractivity contribution in [3.05, 3.63) is 0 Å². The summed E-state index contributed by atoms with van der Waals surface area (Å²) < 4.78 is 0. The van der Waals surface area contributed by atoms with Crippen molar-refractivity contribution < 1.29 is 24.6 Å². The number of nitrogens with zero attached hydrogens (tertiary/aromatic N) is 2. The predicted octanol–water partition coefficient (Wildman–Crippen LogP) is 2.29. The largest absolute Gasteiger partial charge is 0.481 e. The van der Waals surface area contributed by atoms with E-state index in [1.807, 2.05) is 0 Å². The molecule has 0 aliphatic heterocycles. The van der Waals surface area contributed by atoms with Crippen molar-refractivity contribution in [2.75, 3.05) is 20.1 Å². The van der Waals surface area contributed by atoms with Crippen LogP contribution in [0.5, 0.6) is 0 Å². The van der Waals surface area contributed by atoms with Crippen LogP contribution in [0, 0.1) is 0 Å². The van der Waals surface area contributed by atoms with Crippen molar-refractivity contribution in [2.45, 2.75) is 96.4 Å². The van der Waals surface area contributed by atoms with Gasteiger partial charge < -0.3 is 32.3 Å². The topological polar surface area (TPSA) is 185 Å². The Kier molecular flexibility index (Phi) is 21.7. The summed E-state index contributed by atoms with van der Waals surface area (Å²) in [7, 11) is 1.68. The first-order chi connectivity index (χ1) is 15.1. The fraction of sp³-hybridized carbons (Fsp3) is 0.818. The van der Waals surface area contributed by atoms with E-state index in [1.54, 1.807) is 7.05 Å². The summed E-state index contributed by atoms with van der Waals surface area (Å²) >= 11 is 0. The highest BCUT2D eigenvalue weighted by molar-refractivity contribution is 5.76. The molecule has 0 heterocycles. The van der Waals surface area contributed by atoms with E-state index in [0.29, 0.717) is 32.4 Å². The number of aliphatic imine (C=N–C) groups is 1. The van der Waals surface area contributed by atoms with E-state index in [2.05, 4.69) is 11.9 Å². The molecule has 0 bridgehead atoms. The average molecular weight is 460 g/mol. The van der Waals surface area contributed by atoms with Crippen LogP contribution < -0.4 is 17.2 Å². The zero-order valence-corrected chi connectivity index (χ0v) is 19.9. The van der Waals surface area contributed by atoms with Crippen LogP contribution >= 0.6 is 0 Å². The number of carboxylic acid groups (broad SMARTS) is 2. The number of carbonyl (C=O) groups excluding carboxylic acids is 1. The summed E-state index contributed by atoms with van der Waals surface area (Å²) in [5, 5.41) is 16.9. The standard InChI is InChI=1S/C16H31NO3.C6H14N4O2/c1-3-4-5-6-7-8-9-10-11-12-15(18)17(2)14-13-16(19)20;7-4(5(11)12)2-1-3-10-6(8)9/h3-14H2,1-2H3,(H,19,20);4H,1-3,7H2,(H,11,12)(H4,8,9,10)/t;4-/m.0/s1. The molecule has 1 atom stereocenters. The fourth-order valence-electron chi connectivity index (χ4n) is 2.81. The molecule has 0 aromatic rings. The van der Waals surface area contributed by atoms with Gasteiger partial charge in [0, 0.05) is 26.6 Å². The number of nitrogens with two attached hydrogens (primary N) is 3. The normalized spacial score (nSPS) is 11.1. The van der Waals surface area contributed by atoms with Crippen LogP contribution in [0.2, 0.25) is 0 Å². The maximum atomic E-state index is 11.7. The van der Waals surface area contributed by atoms with Gasteiger partial charge in [0.1, 0.15) is 6.04 Å². The second-order valence-corrected chi connectivity index (χ2v) is 7.93. The molecule has 10 heteroatoms. The molecule has 8 N–H and O–H groups in total. The molecule has 10 nitrogen and oxygen atoms in total. The molecule has 0 spiro atoms. The molecule has 0 saturated heterocycles. The minimum Gasteiger partial charge on any atom is -0.481 e. The molecule has 0 rings (SSSR count). The number of rotatable bonds is 18. The molecular formula is C22H45N5O5. The van der Waals surface area contributed by atoms with Gasteiger partial charge in [-0.1, -0.05) is 58.3 Å². The SMILES string of the molecule is CCCCCCCCCCCC(=O)N(C)CCC(=O)O.NC(N)=NCCC[C@H](N)C(=O)O. The third-order valence-electron chi connectivity index (χ3n) is 4.87. The molecule has 0 saturated carbocycles. The van der Waals surface area contributed by atoms with E-state index in [4.69, 9.17) is 27.4 Å². The van der Waals surface area contributed by atoms with Gasteiger partial charge >= 0.3 is 11.9 Å². The van der Waals surface area contributed by atoms with Gasteiger partial charge in [-0.3, -0.25) is 19.4 Å². The summed E-state index contributed by atoms with van der Waals surface area (Å²) in [5.41, 5.74) is 15.3. The highest BCUT2D eigenvalue weighted by atomic mass is 16.4. The Morgan fingerprint density at radius 2 is 1.41 bits per heavy atom. The van der Waals surface area contributed by atoms with E-state index in [1.165, 1.54) is 49.8 Å². The molecular weight excluding hydrogens is 414 g/mol. The Labute approximate surface area is 192 Å². The highest BCUT2D eigenvalue weighted by Gasteiger charge is 2.10. The number of hydrogen-bond donors (Lipinski definition) is 5. The first kappa shape index (κ1) is 31.8. The maximum absolute atomic E-state index is 11.7. The van der Waals surface area contributed by atoms with Gasteiger partial charge in [0.25, 0.3) is 0 Å². The number of hydrogen-bond acceptors (Lipinski definition) is 5. The van der Waals surface area contributed by atoms with Crippen molar-refractivity contribution in [3.8, 4) is 0 Å². The quantitative estimate of drug-likeness (QED) is 0.117. The lowest BCUT2D eigenvalue weighted by atomic mass is 10.1. The Morgan fingerprint density at radius 3 is 1.88 bits per heavy atom. The minimum absolute atomic E-state index is 0.0129. The summed E-state index contributed by atoms with van der Waals surface area (Å²) in [6.07, 6.45) is 12.7. The average Bonchev–Trinajstić information content (AvgIpc) is 2.73. The molecule has 0 aromatic carbocycles. The van der Waals surface area contributed by atoms with E-state index in [9.17, 15) is 14.4 Å². The van der Waals surface area contributed by atoms with Crippen LogP contribution in [0.3, 0.4) is 0 Å². The molecule has 0 aliphatic rings. The lowest BCUT2D eigenvalue weighted by Gasteiger charge is -2.15. The van der Waals surface area contributed by atoms with Crippen LogP contribution in [0.15, 0.2) is 4.99 Å². The zero-order valence-electron chi connectivity index (χ0n) is 19.9. The number of amides is 1. The zero-order chi connectivity index (χ0) is 24.8. The summed E-state index contributed by atoms with van der Waals surface area (Å²) in [4.78, 5) is 37.5. The lowest BCUT2D eigenvalue weighted by molar-refractivity contribution is -0.139. The van der Waals surface area contributed by atoms with Gasteiger partial charge in [0.05, 0.1) is 6.42 Å². The number of unbranched alkanes of at least 4 members (excludes halogenated alkanes) is 8. The first-order valence-electron chi connectivity index (χ1n) is 11.6. The van der Waals surface area contributed by atoms with Gasteiger partial charge in [0.15, 0.2) is 5.96 Å². The van der Waals surface area contributed by atoms with Gasteiger partial charge in [-0.15, -0.1) is 0 Å². The third-order valence-corrected chi connectivity index (χ3v) is 4.87. The number of guanidine groups is 1. The number of aliphatic carboxylic acids is 2. The van der Waals surface area contributed by atoms with Crippen LogP contribution in [0.25, 0.3) is 0 Å². The lowest BCUT2D eigenvalue weighted by Crippen LogP contribution is -2.30. The Morgan fingerprint density at radius 1 is 0.875 bits per heavy atom. The monoisotopic (exact) mass is 459 g/mol. The van der Waals surface area contributed by atoms with Gasteiger partial charge in [-0.2, -0.15) is 0 Å². The minimum atomic E-state index is -1.00. The Hall–Kier alpha value is -2.36. The van der Waals surface area contributed by atoms with Gasteiger partial charge in [-0.05, 0) is 19.3 Å². The van der Waals surface area contributed by atoms with E-state index in [0.717, 1.165) is 12.8 Å². The predicted molar refractivity (Wildman–Crippen MR) is 127 cm³/mol. The summed E-state index contributed by atoms with van der Waals surface area (Å²) in [6.45, 7) is 2.96. The van der Waals surface area contributed by atoms with Crippen molar-refractivity contribution in [3.63, 3.8) is 0 Å². The van der Waals surface area contributed by atoms with Gasteiger partial charge in [-0.25, -0.2) is 0 Å². The Bertz CT molecular complexity index is 539. The molecule has 1 amide bonds. The second-order valence-electron chi connectivity index (χ2n) is 7.93. The number of carboxylic acids is 2. The van der Waals surface area contributed by atoms with E-state index < -0.39 is 18.0 Å². The molecule has 32 heavy (non-hydrogen) atoms. The second kappa shape index (κ2) is 21.9. The summed E-state index contributed by atoms with van der Waals surface area (Å²) in [5.74, 6) is -1.78. The summed E-state index contributed by atoms with van der Waals surface area (Å²) in [6, 6.07) is -0.820. The van der Waals surface area contributed by atoms with Crippen LogP contribution in [-0.2, 0) is 14.4 Å². The van der Waals surface area contributed by atoms with E-state index in [-0.39, 0.29) is 18.3 Å². The third kappa shape index (κ3) is 23.9. The molecule has 0 aromatic heterocycles. The molecule has 188 valence electrons. The van der Waals surface area contributed by atoms with Crippen molar-refractivity contribution >= 4 is 23.8 Å². The number of carbonyl (C=O) groups is 3. The smallest absolute Gasteiger partial charge is 0.320 e. The molecule has 0 fully saturated rings. The van der Waals surface area contributed by atoms with Crippen molar-refractivity contribution in [1.29, 1.82) is 0 Å². The van der Waals surface area contributed by atoms with Gasteiger partial charge in [0.2, 0.25) is 5.91 Å². The van der Waals surface area contributed by atoms with Crippen molar-refractivity contribution in [2.24, 2.45) is 22.2 Å². The first-order valence-corrected chi connectivity index (χ1v) is 11.6. The fourth-order valence-corrected chi connectivity index (χ4v) is 2.81. The molecule has 0 unspecified atom stereocenters. The molecule has 0 aliphatic carbocycles. The van der Waals surface area contributed by atoms with Crippen LogP contribution in [0.1, 0.15) is 90.4 Å². The Balaban J connectivity index is 0.